The zero-order valence-corrected chi connectivity index (χ0v) is 18.9. The highest BCUT2D eigenvalue weighted by Crippen LogP contribution is 2.23. The molecule has 1 heterocycles. The van der Waals surface area contributed by atoms with Gasteiger partial charge in [-0.2, -0.15) is 5.10 Å². The van der Waals surface area contributed by atoms with E-state index in [2.05, 4.69) is 26.5 Å². The topological polar surface area (TPSA) is 92.9 Å². The molecular formula is C23H22BrN3O4. The van der Waals surface area contributed by atoms with Gasteiger partial charge in [-0.1, -0.05) is 22.0 Å². The molecule has 160 valence electrons. The lowest BCUT2D eigenvalue weighted by molar-refractivity contribution is -0.123. The first-order valence-corrected chi connectivity index (χ1v) is 10.3. The SMILES string of the molecule is Cc1cc(C(=O)O)ccc1-n1c(C)cc(/C=N\NC(=O)COc2cccc(Br)c2)c1C. The van der Waals surface area contributed by atoms with Gasteiger partial charge in [-0.25, -0.2) is 10.2 Å². The van der Waals surface area contributed by atoms with E-state index < -0.39 is 5.97 Å². The second kappa shape index (κ2) is 9.61. The Morgan fingerprint density at radius 3 is 2.61 bits per heavy atom. The van der Waals surface area contributed by atoms with Gasteiger partial charge in [-0.3, -0.25) is 4.79 Å². The molecule has 3 rings (SSSR count). The summed E-state index contributed by atoms with van der Waals surface area (Å²) in [5.41, 5.74) is 7.19. The highest BCUT2D eigenvalue weighted by Gasteiger charge is 2.13. The highest BCUT2D eigenvalue weighted by atomic mass is 79.9. The van der Waals surface area contributed by atoms with E-state index in [1.54, 1.807) is 36.5 Å². The summed E-state index contributed by atoms with van der Waals surface area (Å²) in [6.07, 6.45) is 1.58. The van der Waals surface area contributed by atoms with Gasteiger partial charge >= 0.3 is 5.97 Å². The quantitative estimate of drug-likeness (QED) is 0.384. The average molecular weight is 484 g/mol. The van der Waals surface area contributed by atoms with Crippen LogP contribution < -0.4 is 10.2 Å². The van der Waals surface area contributed by atoms with Crippen molar-refractivity contribution in [2.45, 2.75) is 20.8 Å². The van der Waals surface area contributed by atoms with Crippen molar-refractivity contribution in [3.05, 3.63) is 81.1 Å². The molecule has 0 spiro atoms. The van der Waals surface area contributed by atoms with E-state index in [1.165, 1.54) is 0 Å². The van der Waals surface area contributed by atoms with Gasteiger partial charge in [0.05, 0.1) is 11.8 Å². The Hall–Kier alpha value is -3.39. The van der Waals surface area contributed by atoms with E-state index in [-0.39, 0.29) is 18.1 Å². The number of carbonyl (C=O) groups excluding carboxylic acids is 1. The number of halogens is 1. The Kier molecular flexibility index (Phi) is 6.91. The van der Waals surface area contributed by atoms with Crippen molar-refractivity contribution in [2.75, 3.05) is 6.61 Å². The number of aromatic nitrogens is 1. The van der Waals surface area contributed by atoms with Crippen molar-refractivity contribution in [3.63, 3.8) is 0 Å². The van der Waals surface area contributed by atoms with Crippen LogP contribution in [0.5, 0.6) is 5.75 Å². The molecule has 7 nitrogen and oxygen atoms in total. The fourth-order valence-electron chi connectivity index (χ4n) is 3.24. The number of rotatable bonds is 7. The number of aromatic carboxylic acids is 1. The van der Waals surface area contributed by atoms with Crippen LogP contribution in [0.25, 0.3) is 5.69 Å². The summed E-state index contributed by atoms with van der Waals surface area (Å²) in [4.78, 5) is 23.2. The Morgan fingerprint density at radius 2 is 1.94 bits per heavy atom. The third kappa shape index (κ3) is 5.40. The van der Waals surface area contributed by atoms with Crippen LogP contribution in [0.15, 0.2) is 58.1 Å². The second-order valence-corrected chi connectivity index (χ2v) is 7.92. The molecule has 0 radical (unpaired) electrons. The fourth-order valence-corrected chi connectivity index (χ4v) is 3.62. The molecule has 0 saturated carbocycles. The monoisotopic (exact) mass is 483 g/mol. The molecule has 8 heteroatoms. The van der Waals surface area contributed by atoms with Gasteiger partial charge in [0, 0.05) is 27.1 Å². The maximum Gasteiger partial charge on any atom is 0.335 e. The normalized spacial score (nSPS) is 11.0. The third-order valence-corrected chi connectivity index (χ3v) is 5.21. The molecule has 0 bridgehead atoms. The zero-order valence-electron chi connectivity index (χ0n) is 17.3. The molecule has 1 aromatic heterocycles. The van der Waals surface area contributed by atoms with E-state index in [9.17, 15) is 14.7 Å². The summed E-state index contributed by atoms with van der Waals surface area (Å²) >= 11 is 3.35. The predicted molar refractivity (Wildman–Crippen MR) is 122 cm³/mol. The van der Waals surface area contributed by atoms with Crippen LogP contribution in [0.4, 0.5) is 0 Å². The number of aryl methyl sites for hydroxylation is 2. The van der Waals surface area contributed by atoms with Crippen molar-refractivity contribution in [2.24, 2.45) is 5.10 Å². The molecule has 1 amide bonds. The lowest BCUT2D eigenvalue weighted by Crippen LogP contribution is -2.24. The summed E-state index contributed by atoms with van der Waals surface area (Å²) in [6, 6.07) is 14.2. The largest absolute Gasteiger partial charge is 0.484 e. The number of benzene rings is 2. The number of nitrogens with zero attached hydrogens (tertiary/aromatic N) is 2. The Balaban J connectivity index is 1.68. The summed E-state index contributed by atoms with van der Waals surface area (Å²) in [7, 11) is 0. The minimum atomic E-state index is -0.956. The number of carbonyl (C=O) groups is 2. The maximum absolute atomic E-state index is 12.0. The smallest absolute Gasteiger partial charge is 0.335 e. The van der Waals surface area contributed by atoms with Crippen LogP contribution in [-0.4, -0.2) is 34.4 Å². The molecule has 3 aromatic rings. The minimum absolute atomic E-state index is 0.151. The van der Waals surface area contributed by atoms with E-state index in [1.807, 2.05) is 43.5 Å². The van der Waals surface area contributed by atoms with E-state index in [4.69, 9.17) is 4.74 Å². The van der Waals surface area contributed by atoms with Crippen LogP contribution in [-0.2, 0) is 4.79 Å². The standard InChI is InChI=1S/C23H22BrN3O4/c1-14-9-17(23(29)30)7-8-21(14)27-15(2)10-18(16(27)3)12-25-26-22(28)13-31-20-6-4-5-19(24)11-20/h4-12H,13H2,1-3H3,(H,26,28)(H,29,30)/b25-12-. The van der Waals surface area contributed by atoms with Gasteiger partial charge in [0.25, 0.3) is 5.91 Å². The first kappa shape index (κ1) is 22.3. The molecule has 0 fully saturated rings. The number of ether oxygens (including phenoxy) is 1. The molecule has 2 N–H and O–H groups in total. The Labute approximate surface area is 188 Å². The highest BCUT2D eigenvalue weighted by molar-refractivity contribution is 9.10. The van der Waals surface area contributed by atoms with E-state index in [0.717, 1.165) is 32.7 Å². The lowest BCUT2D eigenvalue weighted by atomic mass is 10.1. The molecule has 0 saturated heterocycles. The van der Waals surface area contributed by atoms with E-state index in [0.29, 0.717) is 5.75 Å². The van der Waals surface area contributed by atoms with Crippen molar-refractivity contribution >= 4 is 34.0 Å². The summed E-state index contributed by atoms with van der Waals surface area (Å²) in [5.74, 6) is -0.741. The predicted octanol–water partition coefficient (Wildman–Crippen LogP) is 4.39. The average Bonchev–Trinajstić information content (AvgIpc) is 3.00. The summed E-state index contributed by atoms with van der Waals surface area (Å²) < 4.78 is 8.33. The maximum atomic E-state index is 12.0. The van der Waals surface area contributed by atoms with Gasteiger partial charge < -0.3 is 14.4 Å². The Bertz CT molecular complexity index is 1170. The van der Waals surface area contributed by atoms with Crippen LogP contribution in [0.3, 0.4) is 0 Å². The van der Waals surface area contributed by atoms with Gasteiger partial charge in [0.15, 0.2) is 6.61 Å². The first-order chi connectivity index (χ1) is 14.8. The van der Waals surface area contributed by atoms with E-state index >= 15 is 0 Å². The van der Waals surface area contributed by atoms with Gasteiger partial charge in [0.2, 0.25) is 0 Å². The number of hydrogen-bond acceptors (Lipinski definition) is 4. The summed E-state index contributed by atoms with van der Waals surface area (Å²) in [5, 5.41) is 13.2. The molecular weight excluding hydrogens is 462 g/mol. The minimum Gasteiger partial charge on any atom is -0.484 e. The van der Waals surface area contributed by atoms with Crippen molar-refractivity contribution in [1.29, 1.82) is 0 Å². The number of hydrazone groups is 1. The van der Waals surface area contributed by atoms with Gasteiger partial charge in [0.1, 0.15) is 5.75 Å². The van der Waals surface area contributed by atoms with Crippen LogP contribution in [0.2, 0.25) is 0 Å². The third-order valence-electron chi connectivity index (χ3n) is 4.71. The first-order valence-electron chi connectivity index (χ1n) is 9.50. The zero-order chi connectivity index (χ0) is 22.5. The van der Waals surface area contributed by atoms with Gasteiger partial charge in [-0.05, 0) is 68.8 Å². The number of carboxylic acid groups (broad SMARTS) is 1. The van der Waals surface area contributed by atoms with Crippen LogP contribution >= 0.6 is 15.9 Å². The van der Waals surface area contributed by atoms with Gasteiger partial charge in [-0.15, -0.1) is 0 Å². The number of nitrogens with one attached hydrogen (secondary N) is 1. The molecule has 31 heavy (non-hydrogen) atoms. The molecule has 0 aliphatic rings. The van der Waals surface area contributed by atoms with Crippen molar-refractivity contribution < 1.29 is 19.4 Å². The molecule has 0 aliphatic heterocycles. The molecule has 0 atom stereocenters. The molecule has 0 unspecified atom stereocenters. The van der Waals surface area contributed by atoms with Crippen molar-refractivity contribution in [3.8, 4) is 11.4 Å². The van der Waals surface area contributed by atoms with Crippen LogP contribution in [0.1, 0.15) is 32.9 Å². The Morgan fingerprint density at radius 1 is 1.16 bits per heavy atom. The number of amides is 1. The van der Waals surface area contributed by atoms with Crippen molar-refractivity contribution in [1.82, 2.24) is 9.99 Å². The lowest BCUT2D eigenvalue weighted by Gasteiger charge is -2.13. The fraction of sp³-hybridized carbons (Fsp3) is 0.174. The number of hydrogen-bond donors (Lipinski definition) is 2. The summed E-state index contributed by atoms with van der Waals surface area (Å²) in [6.45, 7) is 5.62. The van der Waals surface area contributed by atoms with Crippen LogP contribution in [0, 0.1) is 20.8 Å². The molecule has 2 aromatic carbocycles. The second-order valence-electron chi connectivity index (χ2n) is 7.01. The number of carboxylic acids is 1. The molecule has 0 aliphatic carbocycles.